The first-order valence-corrected chi connectivity index (χ1v) is 8.31. The summed E-state index contributed by atoms with van der Waals surface area (Å²) in [5.41, 5.74) is 3.67. The number of aryl methyl sites for hydroxylation is 1. The molecule has 0 fully saturated rings. The molecular weight excluding hydrogens is 310 g/mol. The van der Waals surface area contributed by atoms with Gasteiger partial charge < -0.3 is 4.90 Å². The fourth-order valence-electron chi connectivity index (χ4n) is 2.70. The van der Waals surface area contributed by atoms with Gasteiger partial charge in [0.15, 0.2) is 0 Å². The number of hydrogen-bond donors (Lipinski definition) is 0. The molecule has 4 heteroatoms. The molecule has 0 aliphatic carbocycles. The normalized spacial score (nSPS) is 11.2. The monoisotopic (exact) mass is 331 g/mol. The summed E-state index contributed by atoms with van der Waals surface area (Å²) in [4.78, 5) is 14.5. The average molecular weight is 331 g/mol. The third kappa shape index (κ3) is 4.68. The van der Waals surface area contributed by atoms with Crippen LogP contribution in [0.1, 0.15) is 29.2 Å². The predicted molar refractivity (Wildman–Crippen MR) is 96.2 cm³/mol. The van der Waals surface area contributed by atoms with Crippen molar-refractivity contribution in [3.05, 3.63) is 70.8 Å². The predicted octanol–water partition coefficient (Wildman–Crippen LogP) is 3.60. The smallest absolute Gasteiger partial charge is 0.240 e. The molecule has 4 nitrogen and oxygen atoms in total. The highest BCUT2D eigenvalue weighted by molar-refractivity contribution is 5.81. The minimum Gasteiger partial charge on any atom is -0.337 e. The molecule has 0 saturated carbocycles. The van der Waals surface area contributed by atoms with Crippen LogP contribution in [0.5, 0.6) is 0 Å². The molecule has 2 aromatic carbocycles. The molecule has 0 N–H and O–H groups in total. The third-order valence-corrected chi connectivity index (χ3v) is 4.29. The van der Waals surface area contributed by atoms with E-state index in [4.69, 9.17) is 5.26 Å². The maximum Gasteiger partial charge on any atom is 0.240 e. The van der Waals surface area contributed by atoms with Gasteiger partial charge in [-0.2, -0.15) is 10.5 Å². The van der Waals surface area contributed by atoms with Crippen LogP contribution in [-0.2, 0) is 17.8 Å². The highest BCUT2D eigenvalue weighted by atomic mass is 16.2. The summed E-state index contributed by atoms with van der Waals surface area (Å²) in [6.45, 7) is 5.00. The van der Waals surface area contributed by atoms with E-state index in [1.165, 1.54) is 0 Å². The van der Waals surface area contributed by atoms with Gasteiger partial charge in [-0.05, 0) is 49.1 Å². The lowest BCUT2D eigenvalue weighted by molar-refractivity contribution is -0.134. The van der Waals surface area contributed by atoms with Crippen molar-refractivity contribution >= 4 is 5.91 Å². The van der Waals surface area contributed by atoms with Crippen LogP contribution in [0.15, 0.2) is 48.5 Å². The second-order valence-corrected chi connectivity index (χ2v) is 5.97. The molecule has 0 bridgehead atoms. The Labute approximate surface area is 148 Å². The first-order chi connectivity index (χ1) is 12.1. The fraction of sp³-hybridized carbons (Fsp3) is 0.286. The van der Waals surface area contributed by atoms with Crippen LogP contribution in [0.4, 0.5) is 0 Å². The Morgan fingerprint density at radius 3 is 2.36 bits per heavy atom. The molecule has 2 aromatic rings. The molecule has 0 saturated heterocycles. The molecule has 25 heavy (non-hydrogen) atoms. The maximum atomic E-state index is 12.8. The first kappa shape index (κ1) is 18.2. The van der Waals surface area contributed by atoms with E-state index in [0.717, 1.165) is 16.7 Å². The zero-order chi connectivity index (χ0) is 18.2. The van der Waals surface area contributed by atoms with Crippen LogP contribution in [0, 0.1) is 35.5 Å². The van der Waals surface area contributed by atoms with Gasteiger partial charge in [0.25, 0.3) is 0 Å². The standard InChI is InChI=1S/C21H21N3O/c1-3-24(15-19-7-5-4-6-16(19)2)21(25)20(14-23)12-17-8-10-18(13-22)11-9-17/h4-11,20H,3,12,15H2,1-2H3/t20-/m1/s1. The van der Waals surface area contributed by atoms with Crippen molar-refractivity contribution in [1.82, 2.24) is 4.90 Å². The van der Waals surface area contributed by atoms with Crippen molar-refractivity contribution in [1.29, 1.82) is 10.5 Å². The Hall–Kier alpha value is -3.11. The SMILES string of the molecule is CCN(Cc1ccccc1C)C(=O)[C@@H](C#N)Cc1ccc(C#N)cc1. The van der Waals surface area contributed by atoms with E-state index in [9.17, 15) is 10.1 Å². The number of amides is 1. The molecule has 2 rings (SSSR count). The van der Waals surface area contributed by atoms with Crippen LogP contribution < -0.4 is 0 Å². The second-order valence-electron chi connectivity index (χ2n) is 5.97. The van der Waals surface area contributed by atoms with Crippen LogP contribution in [0.3, 0.4) is 0 Å². The molecular formula is C21H21N3O. The minimum absolute atomic E-state index is 0.155. The molecule has 0 unspecified atom stereocenters. The second kappa shape index (κ2) is 8.66. The lowest BCUT2D eigenvalue weighted by atomic mass is 9.98. The highest BCUT2D eigenvalue weighted by Gasteiger charge is 2.24. The number of hydrogen-bond acceptors (Lipinski definition) is 3. The highest BCUT2D eigenvalue weighted by Crippen LogP contribution is 2.16. The van der Waals surface area contributed by atoms with Gasteiger partial charge in [-0.1, -0.05) is 36.4 Å². The van der Waals surface area contributed by atoms with Crippen molar-refractivity contribution in [2.24, 2.45) is 5.92 Å². The molecule has 0 radical (unpaired) electrons. The zero-order valence-corrected chi connectivity index (χ0v) is 14.6. The molecule has 1 amide bonds. The summed E-state index contributed by atoms with van der Waals surface area (Å²) >= 11 is 0. The quantitative estimate of drug-likeness (QED) is 0.812. The molecule has 0 heterocycles. The maximum absolute atomic E-state index is 12.8. The lowest BCUT2D eigenvalue weighted by Gasteiger charge is -2.24. The number of rotatable bonds is 6. The van der Waals surface area contributed by atoms with Gasteiger partial charge in [0.05, 0.1) is 17.7 Å². The number of nitriles is 2. The minimum atomic E-state index is -0.725. The number of carbonyl (C=O) groups is 1. The Morgan fingerprint density at radius 2 is 1.80 bits per heavy atom. The Balaban J connectivity index is 2.12. The Kier molecular flexibility index (Phi) is 6.32. The topological polar surface area (TPSA) is 67.9 Å². The molecule has 1 atom stereocenters. The van der Waals surface area contributed by atoms with Crippen LogP contribution in [0.25, 0.3) is 0 Å². The van der Waals surface area contributed by atoms with Gasteiger partial charge >= 0.3 is 0 Å². The largest absolute Gasteiger partial charge is 0.337 e. The van der Waals surface area contributed by atoms with E-state index in [0.29, 0.717) is 25.1 Å². The molecule has 0 spiro atoms. The summed E-state index contributed by atoms with van der Waals surface area (Å²) in [7, 11) is 0. The lowest BCUT2D eigenvalue weighted by Crippen LogP contribution is -2.36. The molecule has 0 aliphatic rings. The van der Waals surface area contributed by atoms with Crippen molar-refractivity contribution in [3.63, 3.8) is 0 Å². The van der Waals surface area contributed by atoms with Crippen LogP contribution in [0.2, 0.25) is 0 Å². The molecule has 0 aliphatic heterocycles. The summed E-state index contributed by atoms with van der Waals surface area (Å²) < 4.78 is 0. The number of benzene rings is 2. The average Bonchev–Trinajstić information content (AvgIpc) is 2.65. The Morgan fingerprint density at radius 1 is 1.12 bits per heavy atom. The van der Waals surface area contributed by atoms with E-state index < -0.39 is 5.92 Å². The van der Waals surface area contributed by atoms with E-state index in [1.54, 1.807) is 29.2 Å². The van der Waals surface area contributed by atoms with Crippen molar-refractivity contribution in [3.8, 4) is 12.1 Å². The Bertz CT molecular complexity index is 812. The van der Waals surface area contributed by atoms with E-state index in [1.807, 2.05) is 38.1 Å². The van der Waals surface area contributed by atoms with E-state index in [2.05, 4.69) is 12.1 Å². The van der Waals surface area contributed by atoms with Gasteiger partial charge in [0.2, 0.25) is 5.91 Å². The van der Waals surface area contributed by atoms with Crippen LogP contribution in [-0.4, -0.2) is 17.4 Å². The number of carbonyl (C=O) groups excluding carboxylic acids is 1. The van der Waals surface area contributed by atoms with Gasteiger partial charge in [0, 0.05) is 13.1 Å². The van der Waals surface area contributed by atoms with Crippen molar-refractivity contribution in [2.75, 3.05) is 6.54 Å². The summed E-state index contributed by atoms with van der Waals surface area (Å²) in [5.74, 6) is -0.880. The summed E-state index contributed by atoms with van der Waals surface area (Å²) in [6, 6.07) is 19.2. The first-order valence-electron chi connectivity index (χ1n) is 8.31. The van der Waals surface area contributed by atoms with Crippen LogP contribution >= 0.6 is 0 Å². The van der Waals surface area contributed by atoms with Crippen molar-refractivity contribution in [2.45, 2.75) is 26.8 Å². The summed E-state index contributed by atoms with van der Waals surface area (Å²) in [6.07, 6.45) is 0.352. The number of nitrogens with zero attached hydrogens (tertiary/aromatic N) is 3. The van der Waals surface area contributed by atoms with Gasteiger partial charge in [-0.15, -0.1) is 0 Å². The van der Waals surface area contributed by atoms with Gasteiger partial charge in [-0.3, -0.25) is 4.79 Å². The molecule has 126 valence electrons. The summed E-state index contributed by atoms with van der Waals surface area (Å²) in [5, 5.41) is 18.3. The van der Waals surface area contributed by atoms with Gasteiger partial charge in [-0.25, -0.2) is 0 Å². The molecule has 0 aromatic heterocycles. The van der Waals surface area contributed by atoms with Crippen molar-refractivity contribution < 1.29 is 4.79 Å². The zero-order valence-electron chi connectivity index (χ0n) is 14.6. The van der Waals surface area contributed by atoms with E-state index in [-0.39, 0.29) is 5.91 Å². The van der Waals surface area contributed by atoms with Gasteiger partial charge in [0.1, 0.15) is 5.92 Å². The fourth-order valence-corrected chi connectivity index (χ4v) is 2.70. The third-order valence-electron chi connectivity index (χ3n) is 4.29. The van der Waals surface area contributed by atoms with E-state index >= 15 is 0 Å².